The Morgan fingerprint density at radius 1 is 1.24 bits per heavy atom. The molecule has 0 amide bonds. The second kappa shape index (κ2) is 10.4. The predicted octanol–water partition coefficient (Wildman–Crippen LogP) is 2.76. The number of rotatable bonds is 4. The predicted molar refractivity (Wildman–Crippen MR) is 99.8 cm³/mol. The second-order valence-electron chi connectivity index (χ2n) is 6.23. The third kappa shape index (κ3) is 5.11. The van der Waals surface area contributed by atoms with E-state index in [1.54, 1.807) is 0 Å². The van der Waals surface area contributed by atoms with Gasteiger partial charge in [0.05, 0.1) is 7.11 Å². The monoisotopic (exact) mass is 396 g/mol. The van der Waals surface area contributed by atoms with Gasteiger partial charge in [0.2, 0.25) is 0 Å². The number of phenols is 1. The standard InChI is InChI=1S/C17H25FN2O3.2ClH/c1-22-15-11-13(18)10-14(17(15)21)16(12-2-8-23-9-3-12)20-6-4-19-5-7-20;;/h10-12,16,19,21H,2-9H2,1H3;2*1H/t16-;;/m1../s1. The minimum Gasteiger partial charge on any atom is -0.504 e. The zero-order valence-electron chi connectivity index (χ0n) is 14.4. The first-order valence-electron chi connectivity index (χ1n) is 8.29. The Labute approximate surface area is 160 Å². The van der Waals surface area contributed by atoms with Crippen LogP contribution in [0.1, 0.15) is 24.4 Å². The van der Waals surface area contributed by atoms with Crippen LogP contribution in [0.3, 0.4) is 0 Å². The Hall–Kier alpha value is -0.790. The van der Waals surface area contributed by atoms with E-state index in [1.165, 1.54) is 19.2 Å². The summed E-state index contributed by atoms with van der Waals surface area (Å²) in [6, 6.07) is 2.68. The Kier molecular flexibility index (Phi) is 9.24. The number of hydrogen-bond donors (Lipinski definition) is 2. The highest BCUT2D eigenvalue weighted by atomic mass is 35.5. The van der Waals surface area contributed by atoms with Gasteiger partial charge < -0.3 is 19.9 Å². The molecule has 2 N–H and O–H groups in total. The number of nitrogens with one attached hydrogen (secondary N) is 1. The fraction of sp³-hybridized carbons (Fsp3) is 0.647. The summed E-state index contributed by atoms with van der Waals surface area (Å²) < 4.78 is 24.7. The third-order valence-corrected chi connectivity index (χ3v) is 4.87. The Morgan fingerprint density at radius 2 is 1.88 bits per heavy atom. The lowest BCUT2D eigenvalue weighted by atomic mass is 9.85. The van der Waals surface area contributed by atoms with Gasteiger partial charge in [-0.25, -0.2) is 4.39 Å². The summed E-state index contributed by atoms with van der Waals surface area (Å²) in [5.41, 5.74) is 0.635. The molecule has 1 aromatic rings. The van der Waals surface area contributed by atoms with Crippen LogP contribution in [0.25, 0.3) is 0 Å². The van der Waals surface area contributed by atoms with Gasteiger partial charge in [-0.05, 0) is 24.8 Å². The van der Waals surface area contributed by atoms with Gasteiger partial charge in [-0.15, -0.1) is 24.8 Å². The van der Waals surface area contributed by atoms with E-state index >= 15 is 0 Å². The van der Waals surface area contributed by atoms with Crippen molar-refractivity contribution in [1.82, 2.24) is 10.2 Å². The van der Waals surface area contributed by atoms with E-state index in [1.807, 2.05) is 0 Å². The SMILES string of the molecule is COc1cc(F)cc([C@@H](C2CCOCC2)N2CCNCC2)c1O.Cl.Cl. The van der Waals surface area contributed by atoms with Crippen molar-refractivity contribution in [3.8, 4) is 11.5 Å². The molecule has 0 spiro atoms. The van der Waals surface area contributed by atoms with Crippen molar-refractivity contribution in [2.45, 2.75) is 18.9 Å². The average Bonchev–Trinajstić information content (AvgIpc) is 2.60. The van der Waals surface area contributed by atoms with Crippen molar-refractivity contribution in [2.24, 2.45) is 5.92 Å². The maximum absolute atomic E-state index is 14.0. The first kappa shape index (κ1) is 22.3. The van der Waals surface area contributed by atoms with Crippen LogP contribution in [0, 0.1) is 11.7 Å². The van der Waals surface area contributed by atoms with E-state index in [0.29, 0.717) is 11.5 Å². The number of methoxy groups -OCH3 is 1. The molecule has 1 aromatic carbocycles. The lowest BCUT2D eigenvalue weighted by molar-refractivity contribution is 0.0205. The van der Waals surface area contributed by atoms with E-state index < -0.39 is 0 Å². The fourth-order valence-corrected chi connectivity index (χ4v) is 3.72. The molecule has 2 aliphatic heterocycles. The maximum Gasteiger partial charge on any atom is 0.163 e. The first-order valence-corrected chi connectivity index (χ1v) is 8.29. The molecule has 8 heteroatoms. The summed E-state index contributed by atoms with van der Waals surface area (Å²) in [6.07, 6.45) is 1.85. The van der Waals surface area contributed by atoms with Crippen LogP contribution < -0.4 is 10.1 Å². The smallest absolute Gasteiger partial charge is 0.163 e. The lowest BCUT2D eigenvalue weighted by Crippen LogP contribution is -2.47. The average molecular weight is 397 g/mol. The highest BCUT2D eigenvalue weighted by Crippen LogP contribution is 2.43. The normalized spacial score (nSPS) is 20.2. The number of ether oxygens (including phenoxy) is 2. The van der Waals surface area contributed by atoms with Gasteiger partial charge in [-0.1, -0.05) is 0 Å². The van der Waals surface area contributed by atoms with Crippen molar-refractivity contribution in [2.75, 3.05) is 46.5 Å². The molecule has 2 fully saturated rings. The third-order valence-electron chi connectivity index (χ3n) is 4.87. The Balaban J connectivity index is 0.00000156. The van der Waals surface area contributed by atoms with E-state index in [4.69, 9.17) is 9.47 Å². The first-order chi connectivity index (χ1) is 11.2. The summed E-state index contributed by atoms with van der Waals surface area (Å²) in [4.78, 5) is 2.35. The van der Waals surface area contributed by atoms with Gasteiger partial charge >= 0.3 is 0 Å². The number of nitrogens with zero attached hydrogens (tertiary/aromatic N) is 1. The molecular weight excluding hydrogens is 370 g/mol. The molecule has 144 valence electrons. The molecule has 5 nitrogen and oxygen atoms in total. The van der Waals surface area contributed by atoms with E-state index in [0.717, 1.165) is 52.2 Å². The number of aromatic hydroxyl groups is 1. The number of piperazine rings is 1. The Morgan fingerprint density at radius 3 is 2.48 bits per heavy atom. The number of phenolic OH excluding ortho intramolecular Hbond substituents is 1. The molecule has 0 radical (unpaired) electrons. The summed E-state index contributed by atoms with van der Waals surface area (Å²) in [7, 11) is 1.45. The molecule has 0 unspecified atom stereocenters. The zero-order valence-corrected chi connectivity index (χ0v) is 16.0. The van der Waals surface area contributed by atoms with Gasteiger partial charge in [0.25, 0.3) is 0 Å². The molecular formula is C17H27Cl2FN2O3. The molecule has 0 saturated carbocycles. The maximum atomic E-state index is 14.0. The van der Waals surface area contributed by atoms with E-state index in [9.17, 15) is 9.50 Å². The van der Waals surface area contributed by atoms with Gasteiger partial charge in [-0.3, -0.25) is 4.90 Å². The van der Waals surface area contributed by atoms with Crippen molar-refractivity contribution in [3.05, 3.63) is 23.5 Å². The summed E-state index contributed by atoms with van der Waals surface area (Å²) >= 11 is 0. The molecule has 0 aliphatic carbocycles. The van der Waals surface area contributed by atoms with E-state index in [-0.39, 0.29) is 48.2 Å². The molecule has 1 atom stereocenters. The van der Waals surface area contributed by atoms with Crippen LogP contribution in [0.4, 0.5) is 4.39 Å². The molecule has 2 heterocycles. The van der Waals surface area contributed by atoms with Gasteiger partial charge in [0, 0.05) is 57.1 Å². The molecule has 2 aliphatic rings. The highest BCUT2D eigenvalue weighted by molar-refractivity contribution is 5.85. The number of benzene rings is 1. The lowest BCUT2D eigenvalue weighted by Gasteiger charge is -2.41. The number of halogens is 3. The summed E-state index contributed by atoms with van der Waals surface area (Å²) in [5.74, 6) is 0.234. The van der Waals surface area contributed by atoms with Crippen molar-refractivity contribution in [1.29, 1.82) is 0 Å². The largest absolute Gasteiger partial charge is 0.504 e. The molecule has 2 saturated heterocycles. The molecule has 0 aromatic heterocycles. The highest BCUT2D eigenvalue weighted by Gasteiger charge is 2.34. The van der Waals surface area contributed by atoms with Crippen LogP contribution in [0.5, 0.6) is 11.5 Å². The van der Waals surface area contributed by atoms with Crippen LogP contribution in [0.2, 0.25) is 0 Å². The second-order valence-corrected chi connectivity index (χ2v) is 6.23. The minimum atomic E-state index is -0.373. The summed E-state index contributed by atoms with van der Waals surface area (Å²) in [5, 5.41) is 13.9. The zero-order chi connectivity index (χ0) is 16.2. The minimum absolute atomic E-state index is 0. The molecule has 0 bridgehead atoms. The summed E-state index contributed by atoms with van der Waals surface area (Å²) in [6.45, 7) is 5.04. The molecule has 25 heavy (non-hydrogen) atoms. The van der Waals surface area contributed by atoms with Gasteiger partial charge in [0.15, 0.2) is 11.5 Å². The van der Waals surface area contributed by atoms with Gasteiger partial charge in [-0.2, -0.15) is 0 Å². The van der Waals surface area contributed by atoms with Crippen LogP contribution in [-0.4, -0.2) is 56.5 Å². The van der Waals surface area contributed by atoms with Crippen LogP contribution in [-0.2, 0) is 4.74 Å². The van der Waals surface area contributed by atoms with Crippen LogP contribution in [0.15, 0.2) is 12.1 Å². The number of hydrogen-bond acceptors (Lipinski definition) is 5. The Bertz CT molecular complexity index is 521. The van der Waals surface area contributed by atoms with Crippen molar-refractivity contribution >= 4 is 24.8 Å². The fourth-order valence-electron chi connectivity index (χ4n) is 3.72. The van der Waals surface area contributed by atoms with Crippen molar-refractivity contribution in [3.63, 3.8) is 0 Å². The van der Waals surface area contributed by atoms with Crippen LogP contribution >= 0.6 is 24.8 Å². The quantitative estimate of drug-likeness (QED) is 0.819. The van der Waals surface area contributed by atoms with E-state index in [2.05, 4.69) is 10.2 Å². The topological polar surface area (TPSA) is 54.0 Å². The molecule has 3 rings (SSSR count). The van der Waals surface area contributed by atoms with Crippen molar-refractivity contribution < 1.29 is 19.0 Å². The van der Waals surface area contributed by atoms with Gasteiger partial charge in [0.1, 0.15) is 5.82 Å².